The highest BCUT2D eigenvalue weighted by Gasteiger charge is 2.09. The van der Waals surface area contributed by atoms with E-state index in [0.29, 0.717) is 24.8 Å². The summed E-state index contributed by atoms with van der Waals surface area (Å²) in [5.41, 5.74) is 1.19. The minimum Gasteiger partial charge on any atom is -0.385 e. The second kappa shape index (κ2) is 10.1. The number of nitrogens with zero attached hydrogens (tertiary/aromatic N) is 2. The van der Waals surface area contributed by atoms with Crippen LogP contribution in [0.1, 0.15) is 48.8 Å². The first-order valence-corrected chi connectivity index (χ1v) is 7.54. The molecule has 6 heteroatoms. The van der Waals surface area contributed by atoms with Crippen molar-refractivity contribution in [2.45, 2.75) is 39.5 Å². The van der Waals surface area contributed by atoms with E-state index in [-0.39, 0.29) is 5.91 Å². The van der Waals surface area contributed by atoms with Gasteiger partial charge < -0.3 is 15.4 Å². The average molecular weight is 294 g/mol. The van der Waals surface area contributed by atoms with Crippen molar-refractivity contribution in [1.82, 2.24) is 15.3 Å². The summed E-state index contributed by atoms with van der Waals surface area (Å²) in [5.74, 6) is 0.348. The van der Waals surface area contributed by atoms with Gasteiger partial charge in [-0.1, -0.05) is 19.8 Å². The molecular formula is C15H26N4O2. The third-order valence-electron chi connectivity index (χ3n) is 2.96. The highest BCUT2D eigenvalue weighted by Crippen LogP contribution is 2.05. The van der Waals surface area contributed by atoms with Gasteiger partial charge in [-0.05, 0) is 25.8 Å². The summed E-state index contributed by atoms with van der Waals surface area (Å²) in [7, 11) is 1.67. The van der Waals surface area contributed by atoms with Crippen molar-refractivity contribution < 1.29 is 9.53 Å². The van der Waals surface area contributed by atoms with E-state index in [1.807, 2.05) is 6.92 Å². The van der Waals surface area contributed by atoms with Crippen molar-refractivity contribution in [1.29, 1.82) is 0 Å². The number of carbonyl (C=O) groups is 1. The number of anilines is 1. The van der Waals surface area contributed by atoms with Crippen LogP contribution in [-0.4, -0.2) is 42.7 Å². The summed E-state index contributed by atoms with van der Waals surface area (Å²) < 4.78 is 4.98. The summed E-state index contributed by atoms with van der Waals surface area (Å²) >= 11 is 0. The van der Waals surface area contributed by atoms with Crippen molar-refractivity contribution in [2.24, 2.45) is 0 Å². The van der Waals surface area contributed by atoms with Gasteiger partial charge in [-0.15, -0.1) is 0 Å². The molecule has 0 fully saturated rings. The van der Waals surface area contributed by atoms with Crippen LogP contribution in [0, 0.1) is 6.92 Å². The van der Waals surface area contributed by atoms with E-state index in [1.165, 1.54) is 0 Å². The second-order valence-electron chi connectivity index (χ2n) is 4.95. The van der Waals surface area contributed by atoms with E-state index in [1.54, 1.807) is 13.2 Å². The van der Waals surface area contributed by atoms with E-state index in [2.05, 4.69) is 27.5 Å². The van der Waals surface area contributed by atoms with Gasteiger partial charge in [-0.3, -0.25) is 4.79 Å². The standard InChI is InChI=1S/C15H26N4O2/c1-4-5-6-8-16-14(20)13-11-12(2)18-15(19-13)17-9-7-10-21-3/h11H,4-10H2,1-3H3,(H,16,20)(H,17,18,19). The minimum atomic E-state index is -0.142. The molecule has 0 aliphatic rings. The van der Waals surface area contributed by atoms with Gasteiger partial charge in [0.2, 0.25) is 5.95 Å². The van der Waals surface area contributed by atoms with Crippen LogP contribution < -0.4 is 10.6 Å². The van der Waals surface area contributed by atoms with E-state index in [9.17, 15) is 4.79 Å². The summed E-state index contributed by atoms with van der Waals surface area (Å²) in [6.07, 6.45) is 4.12. The average Bonchev–Trinajstić information content (AvgIpc) is 2.47. The van der Waals surface area contributed by atoms with Gasteiger partial charge in [0.1, 0.15) is 5.69 Å². The van der Waals surface area contributed by atoms with E-state index < -0.39 is 0 Å². The number of ether oxygens (including phenoxy) is 1. The van der Waals surface area contributed by atoms with Crippen molar-refractivity contribution in [2.75, 3.05) is 32.1 Å². The lowest BCUT2D eigenvalue weighted by Crippen LogP contribution is -2.26. The molecule has 1 heterocycles. The Morgan fingerprint density at radius 2 is 2.05 bits per heavy atom. The predicted molar refractivity (Wildman–Crippen MR) is 83.6 cm³/mol. The van der Waals surface area contributed by atoms with Gasteiger partial charge >= 0.3 is 0 Å². The first kappa shape index (κ1) is 17.4. The zero-order valence-electron chi connectivity index (χ0n) is 13.2. The lowest BCUT2D eigenvalue weighted by Gasteiger charge is -2.08. The van der Waals surface area contributed by atoms with E-state index >= 15 is 0 Å². The molecule has 0 aliphatic heterocycles. The van der Waals surface area contributed by atoms with Gasteiger partial charge in [-0.25, -0.2) is 9.97 Å². The molecule has 118 valence electrons. The predicted octanol–water partition coefficient (Wildman–Crippen LogP) is 2.15. The molecule has 2 N–H and O–H groups in total. The Balaban J connectivity index is 2.53. The molecule has 0 saturated carbocycles. The molecule has 0 bridgehead atoms. The van der Waals surface area contributed by atoms with Crippen LogP contribution in [0.2, 0.25) is 0 Å². The van der Waals surface area contributed by atoms with Gasteiger partial charge in [0.05, 0.1) is 0 Å². The number of hydrogen-bond donors (Lipinski definition) is 2. The van der Waals surface area contributed by atoms with Crippen LogP contribution >= 0.6 is 0 Å². The fourth-order valence-electron chi connectivity index (χ4n) is 1.85. The third-order valence-corrected chi connectivity index (χ3v) is 2.96. The number of unbranched alkanes of at least 4 members (excludes halogenated alkanes) is 2. The zero-order chi connectivity index (χ0) is 15.5. The quantitative estimate of drug-likeness (QED) is 0.647. The molecule has 21 heavy (non-hydrogen) atoms. The van der Waals surface area contributed by atoms with Gasteiger partial charge in [0, 0.05) is 32.5 Å². The van der Waals surface area contributed by atoms with Crippen LogP contribution in [-0.2, 0) is 4.74 Å². The number of aromatic nitrogens is 2. The van der Waals surface area contributed by atoms with Crippen molar-refractivity contribution in [3.8, 4) is 0 Å². The van der Waals surface area contributed by atoms with Crippen molar-refractivity contribution >= 4 is 11.9 Å². The summed E-state index contributed by atoms with van der Waals surface area (Å²) in [6, 6.07) is 1.70. The Labute approximate surface area is 126 Å². The molecule has 0 radical (unpaired) electrons. The van der Waals surface area contributed by atoms with E-state index in [4.69, 9.17) is 4.74 Å². The molecule has 0 spiro atoms. The van der Waals surface area contributed by atoms with Crippen LogP contribution in [0.3, 0.4) is 0 Å². The zero-order valence-corrected chi connectivity index (χ0v) is 13.2. The van der Waals surface area contributed by atoms with Crippen LogP contribution in [0.25, 0.3) is 0 Å². The summed E-state index contributed by atoms with van der Waals surface area (Å²) in [4.78, 5) is 20.6. The normalized spacial score (nSPS) is 10.4. The largest absolute Gasteiger partial charge is 0.385 e. The molecule has 0 atom stereocenters. The number of methoxy groups -OCH3 is 1. The molecule has 6 nitrogen and oxygen atoms in total. The van der Waals surface area contributed by atoms with Gasteiger partial charge in [0.25, 0.3) is 5.91 Å². The Bertz CT molecular complexity index is 438. The SMILES string of the molecule is CCCCCNC(=O)c1cc(C)nc(NCCCOC)n1. The van der Waals surface area contributed by atoms with Gasteiger partial charge in [0.15, 0.2) is 0 Å². The molecule has 0 aliphatic carbocycles. The molecular weight excluding hydrogens is 268 g/mol. The summed E-state index contributed by atoms with van der Waals surface area (Å²) in [5, 5.41) is 6.00. The molecule has 0 saturated heterocycles. The fourth-order valence-corrected chi connectivity index (χ4v) is 1.85. The minimum absolute atomic E-state index is 0.142. The topological polar surface area (TPSA) is 76.1 Å². The highest BCUT2D eigenvalue weighted by atomic mass is 16.5. The number of nitrogens with one attached hydrogen (secondary N) is 2. The molecule has 1 rings (SSSR count). The first-order valence-electron chi connectivity index (χ1n) is 7.54. The summed E-state index contributed by atoms with van der Waals surface area (Å²) in [6.45, 7) is 6.08. The smallest absolute Gasteiger partial charge is 0.270 e. The van der Waals surface area contributed by atoms with Crippen LogP contribution in [0.4, 0.5) is 5.95 Å². The molecule has 0 aromatic carbocycles. The number of rotatable bonds is 10. The maximum Gasteiger partial charge on any atom is 0.270 e. The Morgan fingerprint density at radius 1 is 1.24 bits per heavy atom. The lowest BCUT2D eigenvalue weighted by atomic mass is 10.2. The number of amides is 1. The van der Waals surface area contributed by atoms with Gasteiger partial charge in [-0.2, -0.15) is 0 Å². The van der Waals surface area contributed by atoms with Crippen LogP contribution in [0.5, 0.6) is 0 Å². The maximum atomic E-state index is 12.0. The molecule has 0 unspecified atom stereocenters. The highest BCUT2D eigenvalue weighted by molar-refractivity contribution is 5.92. The van der Waals surface area contributed by atoms with E-state index in [0.717, 1.165) is 37.9 Å². The molecule has 1 aromatic heterocycles. The Kier molecular flexibility index (Phi) is 8.35. The lowest BCUT2D eigenvalue weighted by molar-refractivity contribution is 0.0948. The fraction of sp³-hybridized carbons (Fsp3) is 0.667. The second-order valence-corrected chi connectivity index (χ2v) is 4.95. The Morgan fingerprint density at radius 3 is 2.76 bits per heavy atom. The van der Waals surface area contributed by atoms with Crippen LogP contribution in [0.15, 0.2) is 6.07 Å². The monoisotopic (exact) mass is 294 g/mol. The van der Waals surface area contributed by atoms with Crippen molar-refractivity contribution in [3.63, 3.8) is 0 Å². The number of carbonyl (C=O) groups excluding carboxylic acids is 1. The van der Waals surface area contributed by atoms with Crippen molar-refractivity contribution in [3.05, 3.63) is 17.5 Å². The first-order chi connectivity index (χ1) is 10.2. The number of aryl methyl sites for hydroxylation is 1. The Hall–Kier alpha value is -1.69. The third kappa shape index (κ3) is 7.04. The molecule has 1 aromatic rings. The maximum absolute atomic E-state index is 12.0. The number of hydrogen-bond acceptors (Lipinski definition) is 5. The molecule has 1 amide bonds.